The van der Waals surface area contributed by atoms with Gasteiger partial charge in [0.15, 0.2) is 5.76 Å². The first-order chi connectivity index (χ1) is 16.2. The lowest BCUT2D eigenvalue weighted by Crippen LogP contribution is -2.35. The average molecular weight is 446 g/mol. The van der Waals surface area contributed by atoms with Gasteiger partial charge < -0.3 is 25.7 Å². The molecule has 2 atom stereocenters. The van der Waals surface area contributed by atoms with Crippen molar-refractivity contribution in [2.75, 3.05) is 23.7 Å². The number of nitrogens with one attached hydrogen (secondary N) is 4. The molecule has 0 aliphatic carbocycles. The molecular formula is C25H27N5O3. The molecule has 33 heavy (non-hydrogen) atoms. The van der Waals surface area contributed by atoms with E-state index in [4.69, 9.17) is 4.42 Å². The lowest BCUT2D eigenvalue weighted by Gasteiger charge is -2.11. The van der Waals surface area contributed by atoms with Crippen LogP contribution in [0, 0.1) is 0 Å². The maximum Gasteiger partial charge on any atom is 0.241 e. The summed E-state index contributed by atoms with van der Waals surface area (Å²) in [5, 5.41) is 12.3. The van der Waals surface area contributed by atoms with Gasteiger partial charge >= 0.3 is 0 Å². The Morgan fingerprint density at radius 2 is 1.30 bits per heavy atom. The molecule has 2 unspecified atom stereocenters. The van der Waals surface area contributed by atoms with E-state index in [0.717, 1.165) is 61.3 Å². The smallest absolute Gasteiger partial charge is 0.241 e. The Balaban J connectivity index is 1.21. The molecule has 0 saturated carbocycles. The van der Waals surface area contributed by atoms with Crippen LogP contribution in [0.2, 0.25) is 0 Å². The molecule has 5 rings (SSSR count). The van der Waals surface area contributed by atoms with Crippen molar-refractivity contribution in [3.63, 3.8) is 0 Å². The number of amides is 2. The Morgan fingerprint density at radius 1 is 0.788 bits per heavy atom. The van der Waals surface area contributed by atoms with Crippen LogP contribution < -0.4 is 21.3 Å². The first-order valence-corrected chi connectivity index (χ1v) is 11.4. The van der Waals surface area contributed by atoms with Crippen molar-refractivity contribution < 1.29 is 14.0 Å². The minimum Gasteiger partial charge on any atom is -0.436 e. The zero-order valence-corrected chi connectivity index (χ0v) is 18.3. The maximum atomic E-state index is 12.3. The fourth-order valence-corrected chi connectivity index (χ4v) is 4.23. The number of hydrogen-bond donors (Lipinski definition) is 4. The molecule has 0 radical (unpaired) electrons. The Hall–Kier alpha value is -3.49. The Kier molecular flexibility index (Phi) is 6.19. The highest BCUT2D eigenvalue weighted by molar-refractivity contribution is 5.95. The van der Waals surface area contributed by atoms with E-state index in [1.165, 1.54) is 0 Å². The van der Waals surface area contributed by atoms with Crippen LogP contribution in [0.15, 0.2) is 59.1 Å². The molecule has 0 spiro atoms. The summed E-state index contributed by atoms with van der Waals surface area (Å²) in [6, 6.07) is 14.8. The zero-order valence-electron chi connectivity index (χ0n) is 18.3. The van der Waals surface area contributed by atoms with Gasteiger partial charge in [-0.15, -0.1) is 0 Å². The number of nitrogens with zero attached hydrogens (tertiary/aromatic N) is 1. The van der Waals surface area contributed by atoms with Crippen LogP contribution in [0.1, 0.15) is 25.7 Å². The molecule has 2 aliphatic heterocycles. The van der Waals surface area contributed by atoms with Crippen LogP contribution in [-0.2, 0) is 9.59 Å². The fraction of sp³-hybridized carbons (Fsp3) is 0.320. The van der Waals surface area contributed by atoms with Crippen molar-refractivity contribution in [1.29, 1.82) is 0 Å². The Labute approximate surface area is 192 Å². The van der Waals surface area contributed by atoms with Crippen molar-refractivity contribution in [1.82, 2.24) is 15.6 Å². The van der Waals surface area contributed by atoms with Crippen molar-refractivity contribution in [3.8, 4) is 22.8 Å². The van der Waals surface area contributed by atoms with Crippen molar-refractivity contribution in [2.24, 2.45) is 0 Å². The van der Waals surface area contributed by atoms with Gasteiger partial charge in [-0.25, -0.2) is 4.98 Å². The molecule has 3 aromatic rings. The predicted octanol–water partition coefficient (Wildman–Crippen LogP) is 3.39. The van der Waals surface area contributed by atoms with Crippen LogP contribution in [0.4, 0.5) is 11.4 Å². The maximum absolute atomic E-state index is 12.3. The summed E-state index contributed by atoms with van der Waals surface area (Å²) in [6.45, 7) is 1.78. The third kappa shape index (κ3) is 4.97. The highest BCUT2D eigenvalue weighted by Crippen LogP contribution is 2.28. The number of anilines is 2. The molecule has 3 heterocycles. The van der Waals surface area contributed by atoms with Crippen LogP contribution in [0.3, 0.4) is 0 Å². The van der Waals surface area contributed by atoms with E-state index in [0.29, 0.717) is 11.7 Å². The molecule has 2 saturated heterocycles. The summed E-state index contributed by atoms with van der Waals surface area (Å²) >= 11 is 0. The summed E-state index contributed by atoms with van der Waals surface area (Å²) in [4.78, 5) is 28.9. The monoisotopic (exact) mass is 445 g/mol. The predicted molar refractivity (Wildman–Crippen MR) is 127 cm³/mol. The number of oxazole rings is 1. The molecule has 0 bridgehead atoms. The second-order valence-electron chi connectivity index (χ2n) is 8.46. The summed E-state index contributed by atoms with van der Waals surface area (Å²) in [6.07, 6.45) is 5.48. The number of hydrogen-bond acceptors (Lipinski definition) is 6. The normalized spacial score (nSPS) is 20.0. The molecule has 4 N–H and O–H groups in total. The number of carbonyl (C=O) groups is 2. The van der Waals surface area contributed by atoms with Gasteiger partial charge in [-0.3, -0.25) is 9.59 Å². The first-order valence-electron chi connectivity index (χ1n) is 11.4. The zero-order chi connectivity index (χ0) is 22.6. The molecule has 2 aliphatic rings. The van der Waals surface area contributed by atoms with Gasteiger partial charge in [-0.05, 0) is 87.3 Å². The molecule has 8 heteroatoms. The quantitative estimate of drug-likeness (QED) is 0.463. The SMILES string of the molecule is O=C(Nc1ccc(-c2cnc(-c3ccc(NC(=O)C4CCCN4)cc3)o2)cc1)C1CCCN1. The standard InChI is InChI=1S/C25H27N5O3/c31-23(20-3-1-13-26-20)29-18-9-5-16(6-10-18)22-15-28-25(33-22)17-7-11-19(12-8-17)30-24(32)21-4-2-14-27-21/h5-12,15,20-21,26-27H,1-4,13-14H2,(H,29,31)(H,30,32). The minimum absolute atomic E-state index is 0.00124. The van der Waals surface area contributed by atoms with Gasteiger partial charge in [0.05, 0.1) is 18.3 Å². The summed E-state index contributed by atoms with van der Waals surface area (Å²) < 4.78 is 5.95. The molecule has 170 valence electrons. The van der Waals surface area contributed by atoms with Gasteiger partial charge in [0.25, 0.3) is 0 Å². The van der Waals surface area contributed by atoms with E-state index in [-0.39, 0.29) is 23.9 Å². The molecule has 2 amide bonds. The van der Waals surface area contributed by atoms with Gasteiger partial charge in [0.1, 0.15) is 0 Å². The van der Waals surface area contributed by atoms with Gasteiger partial charge in [-0.1, -0.05) is 0 Å². The van der Waals surface area contributed by atoms with E-state index in [1.54, 1.807) is 6.20 Å². The number of aromatic nitrogens is 1. The summed E-state index contributed by atoms with van der Waals surface area (Å²) in [5.74, 6) is 1.15. The molecule has 2 aromatic carbocycles. The summed E-state index contributed by atoms with van der Waals surface area (Å²) in [7, 11) is 0. The fourth-order valence-electron chi connectivity index (χ4n) is 4.23. The number of rotatable bonds is 6. The Morgan fingerprint density at radius 3 is 1.79 bits per heavy atom. The molecule has 8 nitrogen and oxygen atoms in total. The van der Waals surface area contributed by atoms with Crippen molar-refractivity contribution in [3.05, 3.63) is 54.7 Å². The van der Waals surface area contributed by atoms with Crippen molar-refractivity contribution in [2.45, 2.75) is 37.8 Å². The van der Waals surface area contributed by atoms with Gasteiger partial charge in [0, 0.05) is 22.5 Å². The number of benzene rings is 2. The molecule has 2 fully saturated rings. The van der Waals surface area contributed by atoms with Gasteiger partial charge in [0.2, 0.25) is 17.7 Å². The summed E-state index contributed by atoms with van der Waals surface area (Å²) in [5.41, 5.74) is 3.20. The van der Waals surface area contributed by atoms with Crippen LogP contribution in [-0.4, -0.2) is 42.0 Å². The van der Waals surface area contributed by atoms with Crippen molar-refractivity contribution >= 4 is 23.2 Å². The lowest BCUT2D eigenvalue weighted by molar-refractivity contribution is -0.118. The highest BCUT2D eigenvalue weighted by Gasteiger charge is 2.23. The second-order valence-corrected chi connectivity index (χ2v) is 8.46. The topological polar surface area (TPSA) is 108 Å². The second kappa shape index (κ2) is 9.56. The van der Waals surface area contributed by atoms with Crippen LogP contribution in [0.25, 0.3) is 22.8 Å². The van der Waals surface area contributed by atoms with Crippen LogP contribution in [0.5, 0.6) is 0 Å². The van der Waals surface area contributed by atoms with E-state index in [9.17, 15) is 9.59 Å². The molecular weight excluding hydrogens is 418 g/mol. The largest absolute Gasteiger partial charge is 0.436 e. The Bertz CT molecular complexity index is 1020. The third-order valence-electron chi connectivity index (χ3n) is 6.10. The van der Waals surface area contributed by atoms with E-state index >= 15 is 0 Å². The minimum atomic E-state index is -0.113. The lowest BCUT2D eigenvalue weighted by atomic mass is 10.1. The molecule has 1 aromatic heterocycles. The van der Waals surface area contributed by atoms with Crippen LogP contribution >= 0.6 is 0 Å². The van der Waals surface area contributed by atoms with E-state index in [2.05, 4.69) is 26.3 Å². The van der Waals surface area contributed by atoms with E-state index in [1.807, 2.05) is 48.5 Å². The third-order valence-corrected chi connectivity index (χ3v) is 6.10. The highest BCUT2D eigenvalue weighted by atomic mass is 16.4. The van der Waals surface area contributed by atoms with E-state index < -0.39 is 0 Å². The van der Waals surface area contributed by atoms with Gasteiger partial charge in [-0.2, -0.15) is 0 Å². The average Bonchev–Trinajstić information content (AvgIpc) is 3.63. The first kappa shape index (κ1) is 21.4. The number of carbonyl (C=O) groups excluding carboxylic acids is 2.